The fourth-order valence-electron chi connectivity index (χ4n) is 3.04. The minimum Gasteiger partial charge on any atom is -0.507 e. The molecular formula is C20H29NO5S2. The Balaban J connectivity index is 2.54. The standard InChI is InChI=1S/C20H29NO5S2/c1-19(2,3)14-9-13(10-15(17(14)22)20(4,5)6)11-16-18(23)21(7-8-27-16)12-28(24,25)26/h9-11,22H,7-8,12H2,1-6H3,(H,24,25,26). The number of hydrogen-bond donors (Lipinski definition) is 2. The molecule has 156 valence electrons. The van der Waals surface area contributed by atoms with Crippen LogP contribution in [0.15, 0.2) is 17.0 Å². The van der Waals surface area contributed by atoms with Gasteiger partial charge in [-0.3, -0.25) is 9.35 Å². The lowest BCUT2D eigenvalue weighted by Crippen LogP contribution is -2.40. The highest BCUT2D eigenvalue weighted by atomic mass is 32.2. The number of rotatable bonds is 3. The highest BCUT2D eigenvalue weighted by Gasteiger charge is 2.29. The molecule has 0 bridgehead atoms. The number of phenols is 1. The molecule has 28 heavy (non-hydrogen) atoms. The van der Waals surface area contributed by atoms with E-state index in [1.165, 1.54) is 11.8 Å². The number of benzene rings is 1. The summed E-state index contributed by atoms with van der Waals surface area (Å²) in [4.78, 5) is 14.2. The molecular weight excluding hydrogens is 398 g/mol. The Morgan fingerprint density at radius 1 is 1.11 bits per heavy atom. The number of nitrogens with zero attached hydrogens (tertiary/aromatic N) is 1. The summed E-state index contributed by atoms with van der Waals surface area (Å²) in [6, 6.07) is 3.74. The fourth-order valence-corrected chi connectivity index (χ4v) is 4.69. The second-order valence-electron chi connectivity index (χ2n) is 9.10. The lowest BCUT2D eigenvalue weighted by Gasteiger charge is -2.29. The van der Waals surface area contributed by atoms with E-state index in [1.54, 1.807) is 6.08 Å². The minimum atomic E-state index is -4.28. The normalized spacial score (nSPS) is 18.0. The first kappa shape index (κ1) is 22.8. The third-order valence-corrected chi connectivity index (χ3v) is 6.11. The Kier molecular flexibility index (Phi) is 6.28. The molecule has 0 atom stereocenters. The molecule has 1 amide bonds. The van der Waals surface area contributed by atoms with Crippen molar-refractivity contribution in [3.8, 4) is 5.75 Å². The van der Waals surface area contributed by atoms with Crippen molar-refractivity contribution in [3.63, 3.8) is 0 Å². The van der Waals surface area contributed by atoms with E-state index < -0.39 is 21.9 Å². The van der Waals surface area contributed by atoms with Gasteiger partial charge >= 0.3 is 0 Å². The highest BCUT2D eigenvalue weighted by Crippen LogP contribution is 2.40. The van der Waals surface area contributed by atoms with E-state index in [4.69, 9.17) is 4.55 Å². The Bertz CT molecular complexity index is 870. The van der Waals surface area contributed by atoms with Crippen LogP contribution in [-0.4, -0.2) is 47.1 Å². The molecule has 0 radical (unpaired) electrons. The SMILES string of the molecule is CC(C)(C)c1cc(C=C2SCCN(CS(=O)(=O)O)C2=O)cc(C(C)(C)C)c1O. The predicted molar refractivity (Wildman–Crippen MR) is 114 cm³/mol. The number of carbonyl (C=O) groups excluding carboxylic acids is 1. The van der Waals surface area contributed by atoms with Gasteiger partial charge in [0.25, 0.3) is 16.0 Å². The Hall–Kier alpha value is -1.51. The van der Waals surface area contributed by atoms with Gasteiger partial charge in [0.2, 0.25) is 0 Å². The van der Waals surface area contributed by atoms with E-state index >= 15 is 0 Å². The van der Waals surface area contributed by atoms with Gasteiger partial charge in [-0.05, 0) is 34.6 Å². The van der Waals surface area contributed by atoms with E-state index in [0.29, 0.717) is 10.7 Å². The fraction of sp³-hybridized carbons (Fsp3) is 0.550. The number of carbonyl (C=O) groups is 1. The zero-order valence-electron chi connectivity index (χ0n) is 17.2. The van der Waals surface area contributed by atoms with Crippen molar-refractivity contribution in [1.29, 1.82) is 0 Å². The largest absolute Gasteiger partial charge is 0.507 e. The second kappa shape index (κ2) is 7.72. The number of amides is 1. The summed E-state index contributed by atoms with van der Waals surface area (Å²) < 4.78 is 31.4. The van der Waals surface area contributed by atoms with Crippen molar-refractivity contribution in [2.45, 2.75) is 52.4 Å². The van der Waals surface area contributed by atoms with Crippen molar-refractivity contribution in [1.82, 2.24) is 4.90 Å². The van der Waals surface area contributed by atoms with Crippen molar-refractivity contribution in [3.05, 3.63) is 33.7 Å². The van der Waals surface area contributed by atoms with Gasteiger partial charge in [-0.15, -0.1) is 11.8 Å². The topological polar surface area (TPSA) is 94.9 Å². The van der Waals surface area contributed by atoms with E-state index in [1.807, 2.05) is 53.7 Å². The highest BCUT2D eigenvalue weighted by molar-refractivity contribution is 8.04. The zero-order chi connectivity index (χ0) is 21.5. The third kappa shape index (κ3) is 5.52. The van der Waals surface area contributed by atoms with Crippen molar-refractivity contribution < 1.29 is 22.9 Å². The van der Waals surface area contributed by atoms with Crippen LogP contribution in [0.3, 0.4) is 0 Å². The lowest BCUT2D eigenvalue weighted by atomic mass is 9.78. The lowest BCUT2D eigenvalue weighted by molar-refractivity contribution is -0.125. The van der Waals surface area contributed by atoms with Crippen molar-refractivity contribution >= 4 is 33.9 Å². The van der Waals surface area contributed by atoms with Crippen LogP contribution >= 0.6 is 11.8 Å². The molecule has 1 aliphatic heterocycles. The molecule has 0 aliphatic carbocycles. The maximum atomic E-state index is 12.7. The van der Waals surface area contributed by atoms with Gasteiger partial charge in [-0.25, -0.2) is 0 Å². The second-order valence-corrected chi connectivity index (χ2v) is 11.7. The summed E-state index contributed by atoms with van der Waals surface area (Å²) in [6.45, 7) is 12.3. The van der Waals surface area contributed by atoms with Gasteiger partial charge in [0.15, 0.2) is 0 Å². The smallest absolute Gasteiger partial charge is 0.283 e. The van der Waals surface area contributed by atoms with Crippen LogP contribution in [0.1, 0.15) is 58.2 Å². The van der Waals surface area contributed by atoms with Crippen LogP contribution in [0.2, 0.25) is 0 Å². The molecule has 8 heteroatoms. The molecule has 0 saturated carbocycles. The van der Waals surface area contributed by atoms with E-state index in [0.717, 1.165) is 21.6 Å². The molecule has 6 nitrogen and oxygen atoms in total. The first-order valence-corrected chi connectivity index (χ1v) is 11.7. The van der Waals surface area contributed by atoms with Gasteiger partial charge in [0.1, 0.15) is 11.6 Å². The molecule has 0 unspecified atom stereocenters. The molecule has 2 rings (SSSR count). The molecule has 0 aromatic heterocycles. The van der Waals surface area contributed by atoms with Crippen LogP contribution in [0.25, 0.3) is 6.08 Å². The summed E-state index contributed by atoms with van der Waals surface area (Å²) in [5.74, 6) is -0.321. The minimum absolute atomic E-state index is 0.261. The monoisotopic (exact) mass is 427 g/mol. The van der Waals surface area contributed by atoms with E-state index in [2.05, 4.69) is 0 Å². The maximum absolute atomic E-state index is 12.7. The summed E-state index contributed by atoms with van der Waals surface area (Å²) in [5.41, 5.74) is 1.76. The summed E-state index contributed by atoms with van der Waals surface area (Å²) in [7, 11) is -4.28. The molecule has 1 aromatic carbocycles. The van der Waals surface area contributed by atoms with Crippen LogP contribution in [0.5, 0.6) is 5.75 Å². The van der Waals surface area contributed by atoms with Crippen LogP contribution < -0.4 is 0 Å². The predicted octanol–water partition coefficient (Wildman–Crippen LogP) is 3.75. The Labute approximate surface area is 171 Å². The first-order valence-electron chi connectivity index (χ1n) is 9.06. The zero-order valence-corrected chi connectivity index (χ0v) is 18.9. The molecule has 1 saturated heterocycles. The van der Waals surface area contributed by atoms with Gasteiger partial charge < -0.3 is 10.0 Å². The third-order valence-electron chi connectivity index (χ3n) is 4.48. The molecule has 0 spiro atoms. The van der Waals surface area contributed by atoms with Crippen LogP contribution in [-0.2, 0) is 25.7 Å². The number of aromatic hydroxyl groups is 1. The van der Waals surface area contributed by atoms with E-state index in [9.17, 15) is 18.3 Å². The Morgan fingerprint density at radius 2 is 1.61 bits per heavy atom. The summed E-state index contributed by atoms with van der Waals surface area (Å²) in [5, 5.41) is 10.8. The average Bonchev–Trinajstić information content (AvgIpc) is 2.49. The number of thioether (sulfide) groups is 1. The first-order chi connectivity index (χ1) is 12.6. The maximum Gasteiger partial charge on any atom is 0.283 e. The number of hydrogen-bond acceptors (Lipinski definition) is 5. The average molecular weight is 428 g/mol. The van der Waals surface area contributed by atoms with Crippen molar-refractivity contribution in [2.75, 3.05) is 18.2 Å². The molecule has 1 heterocycles. The summed E-state index contributed by atoms with van der Waals surface area (Å²) in [6.07, 6.45) is 1.73. The Morgan fingerprint density at radius 3 is 2.04 bits per heavy atom. The molecule has 1 aromatic rings. The van der Waals surface area contributed by atoms with Crippen molar-refractivity contribution in [2.24, 2.45) is 0 Å². The van der Waals surface area contributed by atoms with Gasteiger partial charge in [-0.1, -0.05) is 41.5 Å². The van der Waals surface area contributed by atoms with Gasteiger partial charge in [0, 0.05) is 23.4 Å². The quantitative estimate of drug-likeness (QED) is 0.563. The molecule has 1 aliphatic rings. The molecule has 1 fully saturated rings. The van der Waals surface area contributed by atoms with Crippen LogP contribution in [0.4, 0.5) is 0 Å². The number of phenolic OH excluding ortho intramolecular Hbond substituents is 1. The summed E-state index contributed by atoms with van der Waals surface area (Å²) >= 11 is 1.36. The van der Waals surface area contributed by atoms with Crippen LogP contribution in [0, 0.1) is 0 Å². The van der Waals surface area contributed by atoms with Gasteiger partial charge in [-0.2, -0.15) is 8.42 Å². The van der Waals surface area contributed by atoms with Gasteiger partial charge in [0.05, 0.1) is 4.91 Å². The molecule has 2 N–H and O–H groups in total. The van der Waals surface area contributed by atoms with E-state index in [-0.39, 0.29) is 23.1 Å².